The van der Waals surface area contributed by atoms with Crippen molar-refractivity contribution in [3.8, 4) is 12.1 Å². The molecule has 1 aromatic carbocycles. The van der Waals surface area contributed by atoms with Gasteiger partial charge < -0.3 is 15.4 Å². The number of hydrogen-bond donors (Lipinski definition) is 1. The number of anilines is 2. The summed E-state index contributed by atoms with van der Waals surface area (Å²) in [6.07, 6.45) is 0.427. The third kappa shape index (κ3) is 3.65. The minimum absolute atomic E-state index is 0.427. The molecular weight excluding hydrogens is 228 g/mol. The Balaban J connectivity index is 2.90. The Morgan fingerprint density at radius 3 is 2.72 bits per heavy atom. The normalized spacial score (nSPS) is 9.50. The monoisotopic (exact) mass is 244 g/mol. The maximum atomic E-state index is 8.95. The zero-order valence-corrected chi connectivity index (χ0v) is 10.4. The number of nitriles is 2. The van der Waals surface area contributed by atoms with Crippen LogP contribution in [0.15, 0.2) is 18.2 Å². The van der Waals surface area contributed by atoms with Crippen LogP contribution in [0.2, 0.25) is 0 Å². The van der Waals surface area contributed by atoms with E-state index in [1.54, 1.807) is 19.2 Å². The smallest absolute Gasteiger partial charge is 0.101 e. The average Bonchev–Trinajstić information content (AvgIpc) is 2.40. The topological polar surface area (TPSA) is 86.1 Å². The van der Waals surface area contributed by atoms with Gasteiger partial charge in [-0.2, -0.15) is 10.5 Å². The largest absolute Gasteiger partial charge is 0.398 e. The lowest BCUT2D eigenvalue weighted by Crippen LogP contribution is -2.28. The summed E-state index contributed by atoms with van der Waals surface area (Å²) in [5.41, 5.74) is 7.48. The van der Waals surface area contributed by atoms with E-state index in [0.717, 1.165) is 5.69 Å². The summed E-state index contributed by atoms with van der Waals surface area (Å²) >= 11 is 0. The van der Waals surface area contributed by atoms with Crippen molar-refractivity contribution in [2.24, 2.45) is 0 Å². The minimum atomic E-state index is 0.427. The number of hydrogen-bond acceptors (Lipinski definition) is 5. The lowest BCUT2D eigenvalue weighted by atomic mass is 10.1. The molecule has 0 atom stereocenters. The third-order valence-corrected chi connectivity index (χ3v) is 2.58. The summed E-state index contributed by atoms with van der Waals surface area (Å²) in [5.74, 6) is 0. The number of nitrogens with zero attached hydrogens (tertiary/aromatic N) is 3. The molecule has 0 aliphatic carbocycles. The van der Waals surface area contributed by atoms with Gasteiger partial charge in [0.2, 0.25) is 0 Å². The molecule has 1 aromatic rings. The highest BCUT2D eigenvalue weighted by molar-refractivity contribution is 5.62. The standard InChI is InChI=1S/C13H16N4O/c1-18-8-7-17(6-2-5-14)12-3-4-13(16)11(9-12)10-15/h3-4,9H,2,6-8,16H2,1H3. The van der Waals surface area contributed by atoms with Gasteiger partial charge in [-0.15, -0.1) is 0 Å². The zero-order valence-electron chi connectivity index (χ0n) is 10.4. The molecule has 0 fully saturated rings. The fourth-order valence-electron chi connectivity index (χ4n) is 1.59. The fraction of sp³-hybridized carbons (Fsp3) is 0.385. The summed E-state index contributed by atoms with van der Waals surface area (Å²) in [6, 6.07) is 9.46. The molecule has 0 aliphatic rings. The van der Waals surface area contributed by atoms with Gasteiger partial charge in [0.15, 0.2) is 0 Å². The Morgan fingerprint density at radius 1 is 1.33 bits per heavy atom. The van der Waals surface area contributed by atoms with Crippen molar-refractivity contribution in [2.45, 2.75) is 6.42 Å². The predicted molar refractivity (Wildman–Crippen MR) is 69.9 cm³/mol. The van der Waals surface area contributed by atoms with E-state index in [9.17, 15) is 0 Å². The molecular formula is C13H16N4O. The van der Waals surface area contributed by atoms with E-state index in [-0.39, 0.29) is 0 Å². The van der Waals surface area contributed by atoms with E-state index in [2.05, 4.69) is 12.1 Å². The second kappa shape index (κ2) is 7.16. The molecule has 5 heteroatoms. The molecule has 0 heterocycles. The Labute approximate surface area is 107 Å². The van der Waals surface area contributed by atoms with Gasteiger partial charge in [0.1, 0.15) is 6.07 Å². The van der Waals surface area contributed by atoms with Gasteiger partial charge in [-0.25, -0.2) is 0 Å². The Bertz CT molecular complexity index is 473. The van der Waals surface area contributed by atoms with Crippen LogP contribution < -0.4 is 10.6 Å². The maximum Gasteiger partial charge on any atom is 0.101 e. The second-order valence-electron chi connectivity index (χ2n) is 3.77. The SMILES string of the molecule is COCCN(CCC#N)c1ccc(N)c(C#N)c1. The van der Waals surface area contributed by atoms with Gasteiger partial charge in [-0.05, 0) is 18.2 Å². The van der Waals surface area contributed by atoms with Crippen molar-refractivity contribution >= 4 is 11.4 Å². The molecule has 94 valence electrons. The van der Waals surface area contributed by atoms with Crippen molar-refractivity contribution < 1.29 is 4.74 Å². The number of benzene rings is 1. The molecule has 0 radical (unpaired) electrons. The average molecular weight is 244 g/mol. The summed E-state index contributed by atoms with van der Waals surface area (Å²) in [7, 11) is 1.63. The van der Waals surface area contributed by atoms with Crippen molar-refractivity contribution in [3.63, 3.8) is 0 Å². The van der Waals surface area contributed by atoms with Crippen molar-refractivity contribution in [1.29, 1.82) is 10.5 Å². The summed E-state index contributed by atoms with van der Waals surface area (Å²) in [5, 5.41) is 17.6. The van der Waals surface area contributed by atoms with E-state index in [1.807, 2.05) is 11.0 Å². The Kier molecular flexibility index (Phi) is 5.50. The zero-order chi connectivity index (χ0) is 13.4. The fourth-order valence-corrected chi connectivity index (χ4v) is 1.59. The van der Waals surface area contributed by atoms with E-state index in [4.69, 9.17) is 21.0 Å². The molecule has 0 unspecified atom stereocenters. The van der Waals surface area contributed by atoms with Crippen molar-refractivity contribution in [1.82, 2.24) is 0 Å². The summed E-state index contributed by atoms with van der Waals surface area (Å²) in [4.78, 5) is 2.01. The van der Waals surface area contributed by atoms with E-state index < -0.39 is 0 Å². The summed E-state index contributed by atoms with van der Waals surface area (Å²) < 4.78 is 5.04. The van der Waals surface area contributed by atoms with Crippen LogP contribution in [-0.2, 0) is 4.74 Å². The second-order valence-corrected chi connectivity index (χ2v) is 3.77. The quantitative estimate of drug-likeness (QED) is 0.766. The Hall–Kier alpha value is -2.24. The van der Waals surface area contributed by atoms with Crippen molar-refractivity contribution in [2.75, 3.05) is 37.4 Å². The molecule has 18 heavy (non-hydrogen) atoms. The van der Waals surface area contributed by atoms with Gasteiger partial charge in [-0.3, -0.25) is 0 Å². The van der Waals surface area contributed by atoms with Crippen LogP contribution in [0.4, 0.5) is 11.4 Å². The molecule has 2 N–H and O–H groups in total. The van der Waals surface area contributed by atoms with Gasteiger partial charge in [0, 0.05) is 31.6 Å². The van der Waals surface area contributed by atoms with Crippen LogP contribution in [0, 0.1) is 22.7 Å². The van der Waals surface area contributed by atoms with E-state index >= 15 is 0 Å². The van der Waals surface area contributed by atoms with Crippen LogP contribution in [0.5, 0.6) is 0 Å². The predicted octanol–water partition coefficient (Wildman–Crippen LogP) is 1.51. The van der Waals surface area contributed by atoms with Gasteiger partial charge in [0.25, 0.3) is 0 Å². The molecule has 0 saturated heterocycles. The molecule has 1 rings (SSSR count). The highest BCUT2D eigenvalue weighted by atomic mass is 16.5. The molecule has 0 aliphatic heterocycles. The molecule has 0 amide bonds. The van der Waals surface area contributed by atoms with Gasteiger partial charge in [0.05, 0.1) is 24.7 Å². The maximum absolute atomic E-state index is 8.95. The van der Waals surface area contributed by atoms with Crippen LogP contribution in [0.3, 0.4) is 0 Å². The minimum Gasteiger partial charge on any atom is -0.398 e. The highest BCUT2D eigenvalue weighted by Gasteiger charge is 2.08. The Morgan fingerprint density at radius 2 is 2.11 bits per heavy atom. The van der Waals surface area contributed by atoms with Crippen LogP contribution >= 0.6 is 0 Å². The van der Waals surface area contributed by atoms with Crippen LogP contribution in [0.25, 0.3) is 0 Å². The number of nitrogen functional groups attached to an aromatic ring is 1. The van der Waals surface area contributed by atoms with Crippen LogP contribution in [0.1, 0.15) is 12.0 Å². The first-order valence-electron chi connectivity index (χ1n) is 5.63. The molecule has 0 saturated carbocycles. The van der Waals surface area contributed by atoms with Crippen molar-refractivity contribution in [3.05, 3.63) is 23.8 Å². The van der Waals surface area contributed by atoms with E-state index in [1.165, 1.54) is 0 Å². The van der Waals surface area contributed by atoms with Crippen LogP contribution in [-0.4, -0.2) is 26.8 Å². The number of nitrogens with two attached hydrogens (primary N) is 1. The van der Waals surface area contributed by atoms with E-state index in [0.29, 0.717) is 37.4 Å². The molecule has 5 nitrogen and oxygen atoms in total. The molecule has 0 spiro atoms. The third-order valence-electron chi connectivity index (χ3n) is 2.58. The molecule has 0 bridgehead atoms. The van der Waals surface area contributed by atoms with Gasteiger partial charge >= 0.3 is 0 Å². The first-order chi connectivity index (χ1) is 8.72. The first-order valence-corrected chi connectivity index (χ1v) is 5.63. The number of ether oxygens (including phenoxy) is 1. The lowest BCUT2D eigenvalue weighted by Gasteiger charge is -2.23. The highest BCUT2D eigenvalue weighted by Crippen LogP contribution is 2.20. The number of methoxy groups -OCH3 is 1. The summed E-state index contributed by atoms with van der Waals surface area (Å²) in [6.45, 7) is 1.85. The lowest BCUT2D eigenvalue weighted by molar-refractivity contribution is 0.205. The number of rotatable bonds is 6. The first kappa shape index (κ1) is 13.8. The molecule has 0 aromatic heterocycles. The van der Waals surface area contributed by atoms with Gasteiger partial charge in [-0.1, -0.05) is 0 Å².